The second-order valence-electron chi connectivity index (χ2n) is 6.46. The van der Waals surface area contributed by atoms with Crippen molar-refractivity contribution in [1.82, 2.24) is 0 Å². The number of amides is 1. The SMILES string of the molecule is C=C(C)/C(=C(/C)OC)c1cc(C)c2c(c1)C(C)(C)C#CC(=O)N2.[HH]. The lowest BCUT2D eigenvalue weighted by atomic mass is 9.81. The molecule has 1 aromatic carbocycles. The number of methoxy groups -OCH3 is 1. The van der Waals surface area contributed by atoms with Gasteiger partial charge in [-0.1, -0.05) is 12.5 Å². The molecule has 0 bridgehead atoms. The van der Waals surface area contributed by atoms with Crippen molar-refractivity contribution in [3.05, 3.63) is 46.7 Å². The minimum absolute atomic E-state index is 0. The van der Waals surface area contributed by atoms with E-state index < -0.39 is 5.41 Å². The zero-order valence-corrected chi connectivity index (χ0v) is 14.7. The van der Waals surface area contributed by atoms with Gasteiger partial charge in [0.2, 0.25) is 0 Å². The monoisotopic (exact) mass is 311 g/mol. The molecule has 0 spiro atoms. The Morgan fingerprint density at radius 3 is 2.57 bits per heavy atom. The number of anilines is 1. The molecule has 0 fully saturated rings. The van der Waals surface area contributed by atoms with Crippen molar-refractivity contribution in [3.63, 3.8) is 0 Å². The van der Waals surface area contributed by atoms with Crippen LogP contribution in [0.15, 0.2) is 30.0 Å². The predicted octanol–water partition coefficient (Wildman–Crippen LogP) is 4.43. The van der Waals surface area contributed by atoms with Gasteiger partial charge in [0.25, 0.3) is 5.91 Å². The average Bonchev–Trinajstić information content (AvgIpc) is 2.57. The highest BCUT2D eigenvalue weighted by atomic mass is 16.5. The third kappa shape index (κ3) is 3.17. The van der Waals surface area contributed by atoms with E-state index in [1.54, 1.807) is 7.11 Å². The maximum Gasteiger partial charge on any atom is 0.300 e. The first-order chi connectivity index (χ1) is 10.7. The molecule has 0 radical (unpaired) electrons. The third-order valence-corrected chi connectivity index (χ3v) is 4.11. The zero-order chi connectivity index (χ0) is 17.4. The van der Waals surface area contributed by atoms with Crippen LogP contribution in [0.5, 0.6) is 0 Å². The van der Waals surface area contributed by atoms with Crippen LogP contribution in [0.1, 0.15) is 45.8 Å². The van der Waals surface area contributed by atoms with Gasteiger partial charge in [0.15, 0.2) is 0 Å². The molecule has 3 heteroatoms. The molecule has 3 nitrogen and oxygen atoms in total. The lowest BCUT2D eigenvalue weighted by Crippen LogP contribution is -2.17. The van der Waals surface area contributed by atoms with Crippen molar-refractivity contribution >= 4 is 17.2 Å². The Labute approximate surface area is 139 Å². The van der Waals surface area contributed by atoms with E-state index in [2.05, 4.69) is 29.8 Å². The molecular weight excluding hydrogens is 286 g/mol. The summed E-state index contributed by atoms with van der Waals surface area (Å²) in [5, 5.41) is 2.90. The minimum atomic E-state index is -0.420. The number of allylic oxidation sites excluding steroid dienone is 3. The molecule has 0 aliphatic carbocycles. The number of ether oxygens (including phenoxy) is 1. The van der Waals surface area contributed by atoms with E-state index in [4.69, 9.17) is 4.74 Å². The quantitative estimate of drug-likeness (QED) is 0.509. The fourth-order valence-corrected chi connectivity index (χ4v) is 2.87. The summed E-state index contributed by atoms with van der Waals surface area (Å²) in [5.41, 5.74) is 5.36. The normalized spacial score (nSPS) is 16.2. The summed E-state index contributed by atoms with van der Waals surface area (Å²) in [6.07, 6.45) is 0. The maximum atomic E-state index is 11.8. The van der Waals surface area contributed by atoms with E-state index in [1.807, 2.05) is 40.7 Å². The molecule has 1 N–H and O–H groups in total. The number of rotatable bonds is 3. The van der Waals surface area contributed by atoms with Crippen molar-refractivity contribution in [2.75, 3.05) is 12.4 Å². The number of carbonyl (C=O) groups excluding carboxylic acids is 1. The molecule has 1 heterocycles. The van der Waals surface area contributed by atoms with Crippen LogP contribution in [0.2, 0.25) is 0 Å². The summed E-state index contributed by atoms with van der Waals surface area (Å²) < 4.78 is 5.43. The van der Waals surface area contributed by atoms with Gasteiger partial charge in [0, 0.05) is 12.7 Å². The van der Waals surface area contributed by atoms with Gasteiger partial charge in [0.05, 0.1) is 12.5 Å². The van der Waals surface area contributed by atoms with Gasteiger partial charge in [-0.05, 0) is 74.9 Å². The summed E-state index contributed by atoms with van der Waals surface area (Å²) in [5.74, 6) is 6.27. The van der Waals surface area contributed by atoms with Crippen molar-refractivity contribution in [3.8, 4) is 11.8 Å². The van der Waals surface area contributed by atoms with Gasteiger partial charge >= 0.3 is 0 Å². The van der Waals surface area contributed by atoms with Crippen molar-refractivity contribution < 1.29 is 11.0 Å². The average molecular weight is 311 g/mol. The predicted molar refractivity (Wildman–Crippen MR) is 97.1 cm³/mol. The molecule has 0 saturated carbocycles. The van der Waals surface area contributed by atoms with E-state index in [1.165, 1.54) is 0 Å². The lowest BCUT2D eigenvalue weighted by Gasteiger charge is -2.24. The Morgan fingerprint density at radius 2 is 2.00 bits per heavy atom. The third-order valence-electron chi connectivity index (χ3n) is 4.11. The molecule has 0 aromatic heterocycles. The Hall–Kier alpha value is -2.47. The molecule has 2 rings (SSSR count). The van der Waals surface area contributed by atoms with E-state index >= 15 is 0 Å². The summed E-state index contributed by atoms with van der Waals surface area (Å²) in [7, 11) is 1.66. The van der Waals surface area contributed by atoms with Crippen LogP contribution >= 0.6 is 0 Å². The van der Waals surface area contributed by atoms with Crippen LogP contribution in [-0.2, 0) is 14.9 Å². The number of benzene rings is 1. The first-order valence-electron chi connectivity index (χ1n) is 7.57. The molecule has 1 amide bonds. The van der Waals surface area contributed by atoms with Crippen LogP contribution in [0.25, 0.3) is 5.57 Å². The van der Waals surface area contributed by atoms with Gasteiger partial charge in [-0.25, -0.2) is 0 Å². The number of hydrogen-bond donors (Lipinski definition) is 1. The summed E-state index contributed by atoms with van der Waals surface area (Å²) >= 11 is 0. The minimum Gasteiger partial charge on any atom is -0.501 e. The van der Waals surface area contributed by atoms with E-state index in [0.717, 1.165) is 39.3 Å². The Morgan fingerprint density at radius 1 is 1.35 bits per heavy atom. The fraction of sp³-hybridized carbons (Fsp3) is 0.350. The van der Waals surface area contributed by atoms with Crippen LogP contribution in [-0.4, -0.2) is 13.0 Å². The van der Waals surface area contributed by atoms with Crippen LogP contribution in [0.4, 0.5) is 5.69 Å². The van der Waals surface area contributed by atoms with Crippen LogP contribution in [0.3, 0.4) is 0 Å². The molecule has 23 heavy (non-hydrogen) atoms. The Kier molecular flexibility index (Phi) is 4.38. The summed E-state index contributed by atoms with van der Waals surface area (Å²) in [4.78, 5) is 11.8. The zero-order valence-electron chi connectivity index (χ0n) is 14.7. The van der Waals surface area contributed by atoms with E-state index in [9.17, 15) is 4.79 Å². The molecule has 1 aliphatic heterocycles. The molecule has 122 valence electrons. The molecule has 1 aromatic rings. The van der Waals surface area contributed by atoms with Crippen molar-refractivity contribution in [2.24, 2.45) is 0 Å². The standard InChI is InChI=1S/C20H23NO2.H2/c1-12(2)18(14(4)23-7)15-10-13(3)19-16(11-15)20(5,6)9-8-17(22)21-19;/h10-11H,1H2,2-7H3,(H,21,22);1H/b18-14+;. The highest BCUT2D eigenvalue weighted by Crippen LogP contribution is 2.38. The Balaban J connectivity index is 0.00000288. The van der Waals surface area contributed by atoms with Gasteiger partial charge < -0.3 is 10.1 Å². The molecule has 0 unspecified atom stereocenters. The second kappa shape index (κ2) is 5.96. The van der Waals surface area contributed by atoms with Gasteiger partial charge in [0.1, 0.15) is 5.76 Å². The summed E-state index contributed by atoms with van der Waals surface area (Å²) in [6, 6.07) is 4.13. The largest absolute Gasteiger partial charge is 0.501 e. The number of nitrogens with one attached hydrogen (secondary N) is 1. The number of hydrogen-bond acceptors (Lipinski definition) is 2. The number of aryl methyl sites for hydroxylation is 1. The topological polar surface area (TPSA) is 38.3 Å². The first kappa shape index (κ1) is 16.9. The maximum absolute atomic E-state index is 11.8. The number of carbonyl (C=O) groups is 1. The second-order valence-corrected chi connectivity index (χ2v) is 6.46. The smallest absolute Gasteiger partial charge is 0.300 e. The highest BCUT2D eigenvalue weighted by Gasteiger charge is 2.27. The highest BCUT2D eigenvalue weighted by molar-refractivity contribution is 6.06. The first-order valence-corrected chi connectivity index (χ1v) is 7.57. The number of fused-ring (bicyclic) bond motifs is 1. The van der Waals surface area contributed by atoms with E-state index in [0.29, 0.717) is 0 Å². The lowest BCUT2D eigenvalue weighted by molar-refractivity contribution is -0.111. The van der Waals surface area contributed by atoms with Crippen molar-refractivity contribution in [1.29, 1.82) is 0 Å². The van der Waals surface area contributed by atoms with E-state index in [-0.39, 0.29) is 7.33 Å². The fourth-order valence-electron chi connectivity index (χ4n) is 2.87. The summed E-state index contributed by atoms with van der Waals surface area (Å²) in [6.45, 7) is 14.0. The van der Waals surface area contributed by atoms with Crippen molar-refractivity contribution in [2.45, 2.75) is 40.0 Å². The van der Waals surface area contributed by atoms with Gasteiger partial charge in [-0.15, -0.1) is 0 Å². The molecule has 0 atom stereocenters. The molecule has 0 saturated heterocycles. The Bertz CT molecular complexity index is 792. The van der Waals surface area contributed by atoms with Crippen LogP contribution < -0.4 is 5.32 Å². The van der Waals surface area contributed by atoms with Gasteiger partial charge in [-0.3, -0.25) is 4.79 Å². The molecule has 1 aliphatic rings. The van der Waals surface area contributed by atoms with Gasteiger partial charge in [-0.2, -0.15) is 0 Å². The van der Waals surface area contributed by atoms with Crippen LogP contribution in [0, 0.1) is 18.8 Å². The molecular formula is C20H25NO2.